The van der Waals surface area contributed by atoms with Crippen LogP contribution < -0.4 is 5.32 Å². The van der Waals surface area contributed by atoms with Crippen LogP contribution >= 0.6 is 0 Å². The summed E-state index contributed by atoms with van der Waals surface area (Å²) in [7, 11) is 0. The molecule has 1 fully saturated rings. The minimum absolute atomic E-state index is 0.104. The maximum absolute atomic E-state index is 13.0. The van der Waals surface area contributed by atoms with Gasteiger partial charge in [0.2, 0.25) is 11.7 Å². The molecule has 3 aromatic rings. The summed E-state index contributed by atoms with van der Waals surface area (Å²) in [6, 6.07) is 12.1. The van der Waals surface area contributed by atoms with Gasteiger partial charge in [0.25, 0.3) is 5.91 Å². The first-order valence-electron chi connectivity index (χ1n) is 8.20. The number of aromatic nitrogens is 2. The van der Waals surface area contributed by atoms with E-state index < -0.39 is 11.6 Å². The molecule has 8 heteroatoms. The first-order valence-corrected chi connectivity index (χ1v) is 8.20. The topological polar surface area (TPSA) is 101 Å². The second-order valence-corrected chi connectivity index (χ2v) is 5.94. The van der Waals surface area contributed by atoms with Crippen molar-refractivity contribution in [3.8, 4) is 11.6 Å². The molecule has 132 valence electrons. The third-order valence-corrected chi connectivity index (χ3v) is 4.48. The second kappa shape index (κ2) is 6.14. The van der Waals surface area contributed by atoms with Crippen LogP contribution in [0.2, 0.25) is 0 Å². The van der Waals surface area contributed by atoms with Crippen molar-refractivity contribution >= 4 is 11.9 Å². The van der Waals surface area contributed by atoms with Crippen molar-refractivity contribution < 1.29 is 18.5 Å². The van der Waals surface area contributed by atoms with Gasteiger partial charge in [-0.15, -0.1) is 0 Å². The zero-order valence-corrected chi connectivity index (χ0v) is 14.0. The van der Waals surface area contributed by atoms with E-state index in [0.717, 1.165) is 10.5 Å². The first kappa shape index (κ1) is 16.1. The van der Waals surface area contributed by atoms with Gasteiger partial charge in [-0.25, -0.2) is 4.79 Å². The predicted molar refractivity (Wildman–Crippen MR) is 89.5 cm³/mol. The van der Waals surface area contributed by atoms with Gasteiger partial charge < -0.3 is 14.3 Å². The van der Waals surface area contributed by atoms with E-state index in [1.807, 2.05) is 37.3 Å². The molecule has 1 aromatic carbocycles. The van der Waals surface area contributed by atoms with Gasteiger partial charge in [0, 0.05) is 0 Å². The molecule has 0 saturated carbocycles. The van der Waals surface area contributed by atoms with Gasteiger partial charge in [0.05, 0.1) is 6.26 Å². The molecule has 0 bridgehead atoms. The Morgan fingerprint density at radius 1 is 1.15 bits per heavy atom. The van der Waals surface area contributed by atoms with Crippen molar-refractivity contribution in [1.82, 2.24) is 20.4 Å². The summed E-state index contributed by atoms with van der Waals surface area (Å²) in [4.78, 5) is 30.8. The number of carbonyl (C=O) groups is 2. The number of hydrogen-bond acceptors (Lipinski definition) is 6. The Bertz CT molecular complexity index is 935. The minimum Gasteiger partial charge on any atom is -0.461 e. The fraction of sp³-hybridized carbons (Fsp3) is 0.222. The van der Waals surface area contributed by atoms with Crippen molar-refractivity contribution in [3.05, 3.63) is 60.2 Å². The zero-order valence-electron chi connectivity index (χ0n) is 14.0. The molecule has 1 N–H and O–H groups in total. The molecule has 0 unspecified atom stereocenters. The highest BCUT2D eigenvalue weighted by Gasteiger charge is 2.51. The summed E-state index contributed by atoms with van der Waals surface area (Å²) >= 11 is 0. The Balaban J connectivity index is 1.60. The SMILES string of the molecule is CC[C@@]1(c2ccccc2)NC(=O)N(Cc2nc(-c3ccco3)no2)C1=O. The Morgan fingerprint density at radius 2 is 1.96 bits per heavy atom. The van der Waals surface area contributed by atoms with Gasteiger partial charge in [0.1, 0.15) is 12.1 Å². The van der Waals surface area contributed by atoms with E-state index in [1.165, 1.54) is 6.26 Å². The van der Waals surface area contributed by atoms with Gasteiger partial charge in [-0.05, 0) is 24.1 Å². The van der Waals surface area contributed by atoms with Crippen LogP contribution in [0.5, 0.6) is 0 Å². The molecule has 26 heavy (non-hydrogen) atoms. The summed E-state index contributed by atoms with van der Waals surface area (Å²) in [5.74, 6) is 0.528. The molecule has 1 aliphatic rings. The van der Waals surface area contributed by atoms with E-state index in [2.05, 4.69) is 15.5 Å². The largest absolute Gasteiger partial charge is 0.461 e. The maximum atomic E-state index is 13.0. The molecular weight excluding hydrogens is 336 g/mol. The number of hydrogen-bond donors (Lipinski definition) is 1. The normalized spacial score (nSPS) is 19.8. The lowest BCUT2D eigenvalue weighted by molar-refractivity contribution is -0.132. The number of carbonyl (C=O) groups excluding carboxylic acids is 2. The third-order valence-electron chi connectivity index (χ3n) is 4.48. The molecule has 4 rings (SSSR count). The lowest BCUT2D eigenvalue weighted by Crippen LogP contribution is -2.43. The Morgan fingerprint density at radius 3 is 2.65 bits per heavy atom. The Hall–Kier alpha value is -3.42. The number of benzene rings is 1. The quantitative estimate of drug-likeness (QED) is 0.709. The van der Waals surface area contributed by atoms with Crippen LogP contribution in [-0.4, -0.2) is 27.0 Å². The molecule has 0 aliphatic carbocycles. The molecule has 0 spiro atoms. The number of furan rings is 1. The fourth-order valence-electron chi connectivity index (χ4n) is 3.09. The molecule has 1 saturated heterocycles. The number of rotatable bonds is 5. The van der Waals surface area contributed by atoms with E-state index in [9.17, 15) is 9.59 Å². The Labute approximate surface area is 148 Å². The van der Waals surface area contributed by atoms with Crippen LogP contribution in [0, 0.1) is 0 Å². The molecule has 3 heterocycles. The van der Waals surface area contributed by atoms with Crippen LogP contribution in [0.1, 0.15) is 24.8 Å². The monoisotopic (exact) mass is 352 g/mol. The van der Waals surface area contributed by atoms with Crippen molar-refractivity contribution in [3.63, 3.8) is 0 Å². The number of amides is 3. The highest BCUT2D eigenvalue weighted by Crippen LogP contribution is 2.33. The minimum atomic E-state index is -1.08. The average Bonchev–Trinajstić information content (AvgIpc) is 3.39. The molecule has 1 aliphatic heterocycles. The lowest BCUT2D eigenvalue weighted by Gasteiger charge is -2.25. The van der Waals surface area contributed by atoms with Crippen molar-refractivity contribution in [2.24, 2.45) is 0 Å². The third kappa shape index (κ3) is 2.46. The highest BCUT2D eigenvalue weighted by atomic mass is 16.5. The molecular formula is C18H16N4O4. The summed E-state index contributed by atoms with van der Waals surface area (Å²) < 4.78 is 10.4. The predicted octanol–water partition coefficient (Wildman–Crippen LogP) is 2.69. The summed E-state index contributed by atoms with van der Waals surface area (Å²) in [6.45, 7) is 1.75. The molecule has 2 aromatic heterocycles. The van der Waals surface area contributed by atoms with Gasteiger partial charge >= 0.3 is 6.03 Å². The Kier molecular flexibility index (Phi) is 3.80. The van der Waals surface area contributed by atoms with Gasteiger partial charge in [-0.2, -0.15) is 4.98 Å². The number of imide groups is 1. The van der Waals surface area contributed by atoms with E-state index in [4.69, 9.17) is 8.94 Å². The number of nitrogens with zero attached hydrogens (tertiary/aromatic N) is 3. The van der Waals surface area contributed by atoms with Crippen LogP contribution in [0.25, 0.3) is 11.6 Å². The van der Waals surface area contributed by atoms with Gasteiger partial charge in [-0.1, -0.05) is 42.4 Å². The van der Waals surface area contributed by atoms with Crippen LogP contribution in [0.3, 0.4) is 0 Å². The molecule has 1 atom stereocenters. The first-order chi connectivity index (χ1) is 12.6. The maximum Gasteiger partial charge on any atom is 0.325 e. The van der Waals surface area contributed by atoms with Crippen molar-refractivity contribution in [2.45, 2.75) is 25.4 Å². The molecule has 8 nitrogen and oxygen atoms in total. The lowest BCUT2D eigenvalue weighted by atomic mass is 9.87. The zero-order chi connectivity index (χ0) is 18.1. The molecule has 3 amide bonds. The average molecular weight is 352 g/mol. The van der Waals surface area contributed by atoms with E-state index in [0.29, 0.717) is 12.2 Å². The number of nitrogens with one attached hydrogen (secondary N) is 1. The van der Waals surface area contributed by atoms with E-state index in [1.54, 1.807) is 12.1 Å². The molecule has 0 radical (unpaired) electrons. The fourth-order valence-corrected chi connectivity index (χ4v) is 3.09. The number of urea groups is 1. The van der Waals surface area contributed by atoms with Crippen molar-refractivity contribution in [2.75, 3.05) is 0 Å². The smallest absolute Gasteiger partial charge is 0.325 e. The van der Waals surface area contributed by atoms with E-state index >= 15 is 0 Å². The van der Waals surface area contributed by atoms with Crippen molar-refractivity contribution in [1.29, 1.82) is 0 Å². The van der Waals surface area contributed by atoms with Crippen LogP contribution in [0.4, 0.5) is 4.79 Å². The van der Waals surface area contributed by atoms with Gasteiger partial charge in [-0.3, -0.25) is 9.69 Å². The van der Waals surface area contributed by atoms with Gasteiger partial charge in [0.15, 0.2) is 5.76 Å². The summed E-state index contributed by atoms with van der Waals surface area (Å²) in [5, 5.41) is 6.63. The highest BCUT2D eigenvalue weighted by molar-refractivity contribution is 6.07. The van der Waals surface area contributed by atoms with E-state index in [-0.39, 0.29) is 24.2 Å². The standard InChI is InChI=1S/C18H16N4O4/c1-2-18(12-7-4-3-5-8-12)16(23)22(17(24)20-18)11-14-19-15(21-26-14)13-9-6-10-25-13/h3-10H,2,11H2,1H3,(H,20,24)/t18-/m0/s1. The summed E-state index contributed by atoms with van der Waals surface area (Å²) in [6.07, 6.45) is 1.93. The second-order valence-electron chi connectivity index (χ2n) is 5.94. The van der Waals surface area contributed by atoms with Crippen LogP contribution in [-0.2, 0) is 16.9 Å². The summed E-state index contributed by atoms with van der Waals surface area (Å²) in [5.41, 5.74) is -0.340. The van der Waals surface area contributed by atoms with Crippen LogP contribution in [0.15, 0.2) is 57.7 Å².